The molecule has 1 aromatic heterocycles. The Morgan fingerprint density at radius 1 is 1.31 bits per heavy atom. The highest BCUT2D eigenvalue weighted by Gasteiger charge is 2.49. The van der Waals surface area contributed by atoms with Gasteiger partial charge in [-0.3, -0.25) is 0 Å². The van der Waals surface area contributed by atoms with E-state index < -0.39 is 15.6 Å². The molecular formula is C19H24N4O4S2. The second-order valence-corrected chi connectivity index (χ2v) is 10.7. The van der Waals surface area contributed by atoms with Crippen LogP contribution in [0, 0.1) is 6.92 Å². The van der Waals surface area contributed by atoms with Gasteiger partial charge in [0.25, 0.3) is 0 Å². The average molecular weight is 437 g/mol. The lowest BCUT2D eigenvalue weighted by Crippen LogP contribution is -2.50. The SMILES string of the molecule is Cc1nc(CN2CC3(CCN(C(=O)N(C)C)C3)Oc3ccccc3S2(=O)=O)cs1. The van der Waals surface area contributed by atoms with Gasteiger partial charge in [-0.15, -0.1) is 11.3 Å². The van der Waals surface area contributed by atoms with Gasteiger partial charge in [0.2, 0.25) is 10.0 Å². The summed E-state index contributed by atoms with van der Waals surface area (Å²) in [5.41, 5.74) is -0.0824. The maximum atomic E-state index is 13.4. The summed E-state index contributed by atoms with van der Waals surface area (Å²) in [6, 6.07) is 6.61. The van der Waals surface area contributed by atoms with Gasteiger partial charge < -0.3 is 14.5 Å². The smallest absolute Gasteiger partial charge is 0.319 e. The minimum atomic E-state index is -3.77. The molecule has 0 saturated carbocycles. The van der Waals surface area contributed by atoms with Crippen molar-refractivity contribution in [2.24, 2.45) is 0 Å². The zero-order chi connectivity index (χ0) is 20.8. The van der Waals surface area contributed by atoms with Crippen LogP contribution >= 0.6 is 11.3 Å². The molecule has 1 aromatic carbocycles. The molecule has 1 spiro atoms. The molecule has 1 atom stereocenters. The van der Waals surface area contributed by atoms with Crippen LogP contribution in [0.5, 0.6) is 5.75 Å². The monoisotopic (exact) mass is 436 g/mol. The second kappa shape index (κ2) is 7.26. The molecule has 0 N–H and O–H groups in total. The summed E-state index contributed by atoms with van der Waals surface area (Å²) < 4.78 is 34.6. The molecule has 0 radical (unpaired) electrons. The Balaban J connectivity index is 1.73. The molecule has 4 rings (SSSR count). The van der Waals surface area contributed by atoms with E-state index in [0.29, 0.717) is 31.0 Å². The quantitative estimate of drug-likeness (QED) is 0.721. The molecule has 2 aromatic rings. The first-order valence-electron chi connectivity index (χ1n) is 9.36. The van der Waals surface area contributed by atoms with Crippen molar-refractivity contribution in [3.05, 3.63) is 40.3 Å². The molecular weight excluding hydrogens is 412 g/mol. The minimum Gasteiger partial charge on any atom is -0.483 e. The van der Waals surface area contributed by atoms with Crippen LogP contribution < -0.4 is 4.74 Å². The summed E-state index contributed by atoms with van der Waals surface area (Å²) in [7, 11) is -0.354. The molecule has 156 valence electrons. The highest BCUT2D eigenvalue weighted by molar-refractivity contribution is 7.89. The number of fused-ring (bicyclic) bond motifs is 1. The van der Waals surface area contributed by atoms with Crippen molar-refractivity contribution in [1.29, 1.82) is 0 Å². The van der Waals surface area contributed by atoms with E-state index in [-0.39, 0.29) is 24.0 Å². The van der Waals surface area contributed by atoms with Crippen LogP contribution in [-0.2, 0) is 16.6 Å². The number of hydrogen-bond acceptors (Lipinski definition) is 6. The van der Waals surface area contributed by atoms with Crippen LogP contribution in [0.3, 0.4) is 0 Å². The number of aromatic nitrogens is 1. The summed E-state index contributed by atoms with van der Waals surface area (Å²) in [5.74, 6) is 0.337. The molecule has 2 amide bonds. The van der Waals surface area contributed by atoms with Crippen molar-refractivity contribution >= 4 is 27.4 Å². The summed E-state index contributed by atoms with van der Waals surface area (Å²) >= 11 is 1.49. The summed E-state index contributed by atoms with van der Waals surface area (Å²) in [6.07, 6.45) is 0.559. The zero-order valence-electron chi connectivity index (χ0n) is 16.7. The molecule has 10 heteroatoms. The van der Waals surface area contributed by atoms with Gasteiger partial charge in [-0.2, -0.15) is 4.31 Å². The molecule has 3 heterocycles. The Morgan fingerprint density at radius 2 is 2.07 bits per heavy atom. The second-order valence-electron chi connectivity index (χ2n) is 7.71. The van der Waals surface area contributed by atoms with Crippen molar-refractivity contribution in [2.75, 3.05) is 33.7 Å². The van der Waals surface area contributed by atoms with Crippen molar-refractivity contribution in [3.8, 4) is 5.75 Å². The fourth-order valence-corrected chi connectivity index (χ4v) is 6.07. The van der Waals surface area contributed by atoms with Crippen LogP contribution in [0.4, 0.5) is 4.79 Å². The number of para-hydroxylation sites is 1. The number of likely N-dealkylation sites (tertiary alicyclic amines) is 1. The number of hydrogen-bond donors (Lipinski definition) is 0. The van der Waals surface area contributed by atoms with Gasteiger partial charge in [0.1, 0.15) is 16.2 Å². The lowest BCUT2D eigenvalue weighted by atomic mass is 10.0. The van der Waals surface area contributed by atoms with Crippen molar-refractivity contribution in [1.82, 2.24) is 19.1 Å². The largest absolute Gasteiger partial charge is 0.483 e. The first kappa shape index (κ1) is 20.1. The number of urea groups is 1. The van der Waals surface area contributed by atoms with Gasteiger partial charge in [0.15, 0.2) is 0 Å². The normalized spacial score (nSPS) is 23.5. The highest BCUT2D eigenvalue weighted by atomic mass is 32.2. The van der Waals surface area contributed by atoms with E-state index in [1.807, 2.05) is 12.3 Å². The number of nitrogens with zero attached hydrogens (tertiary/aromatic N) is 4. The third kappa shape index (κ3) is 3.72. The van der Waals surface area contributed by atoms with E-state index in [4.69, 9.17) is 4.74 Å². The first-order valence-corrected chi connectivity index (χ1v) is 11.7. The van der Waals surface area contributed by atoms with Crippen LogP contribution in [0.2, 0.25) is 0 Å². The summed E-state index contributed by atoms with van der Waals surface area (Å²) in [6.45, 7) is 3.08. The van der Waals surface area contributed by atoms with Gasteiger partial charge in [-0.25, -0.2) is 18.2 Å². The number of ether oxygens (including phenoxy) is 1. The third-order valence-corrected chi connectivity index (χ3v) is 7.89. The summed E-state index contributed by atoms with van der Waals surface area (Å²) in [4.78, 5) is 20.3. The van der Waals surface area contributed by atoms with Gasteiger partial charge in [0.05, 0.1) is 30.3 Å². The fourth-order valence-electron chi connectivity index (χ4n) is 3.86. The number of carbonyl (C=O) groups excluding carboxylic acids is 1. The number of sulfonamides is 1. The van der Waals surface area contributed by atoms with E-state index in [1.54, 1.807) is 43.3 Å². The van der Waals surface area contributed by atoms with Crippen molar-refractivity contribution in [3.63, 3.8) is 0 Å². The van der Waals surface area contributed by atoms with Gasteiger partial charge >= 0.3 is 6.03 Å². The standard InChI is InChI=1S/C19H24N4O4S2/c1-14-20-15(11-28-14)10-23-13-19(8-9-22(12-19)18(24)21(2)3)27-16-6-4-5-7-17(16)29(23,25)26/h4-7,11H,8-10,12-13H2,1-3H3. The average Bonchev–Trinajstić information content (AvgIpc) is 3.25. The Labute approximate surface area is 174 Å². The molecule has 2 aliphatic rings. The number of carbonyl (C=O) groups is 1. The van der Waals surface area contributed by atoms with Crippen LogP contribution in [-0.4, -0.2) is 72.9 Å². The lowest BCUT2D eigenvalue weighted by Gasteiger charge is -2.32. The van der Waals surface area contributed by atoms with Crippen molar-refractivity contribution < 1.29 is 17.9 Å². The molecule has 8 nitrogen and oxygen atoms in total. The number of benzene rings is 1. The third-order valence-electron chi connectivity index (χ3n) is 5.23. The minimum absolute atomic E-state index is 0.104. The van der Waals surface area contributed by atoms with E-state index in [9.17, 15) is 13.2 Å². The number of rotatable bonds is 2. The zero-order valence-corrected chi connectivity index (χ0v) is 18.3. The van der Waals surface area contributed by atoms with Gasteiger partial charge in [0, 0.05) is 32.4 Å². The van der Waals surface area contributed by atoms with Crippen molar-refractivity contribution in [2.45, 2.75) is 30.4 Å². The number of thiazole rings is 1. The first-order chi connectivity index (χ1) is 13.7. The Hall–Kier alpha value is -2.17. The number of aryl methyl sites for hydroxylation is 1. The van der Waals surface area contributed by atoms with E-state index in [1.165, 1.54) is 20.5 Å². The maximum absolute atomic E-state index is 13.4. The topological polar surface area (TPSA) is 83.1 Å². The van der Waals surface area contributed by atoms with Crippen LogP contribution in [0.25, 0.3) is 0 Å². The predicted octanol–water partition coefficient (Wildman–Crippen LogP) is 2.16. The Bertz CT molecular complexity index is 1040. The molecule has 1 unspecified atom stereocenters. The molecule has 29 heavy (non-hydrogen) atoms. The van der Waals surface area contributed by atoms with Crippen LogP contribution in [0.1, 0.15) is 17.1 Å². The van der Waals surface area contributed by atoms with Gasteiger partial charge in [-0.05, 0) is 19.1 Å². The molecule has 2 aliphatic heterocycles. The highest BCUT2D eigenvalue weighted by Crippen LogP contribution is 2.39. The maximum Gasteiger partial charge on any atom is 0.319 e. The van der Waals surface area contributed by atoms with E-state index in [2.05, 4.69) is 4.98 Å². The predicted molar refractivity (Wildman–Crippen MR) is 110 cm³/mol. The summed E-state index contributed by atoms with van der Waals surface area (Å²) in [5, 5.41) is 2.77. The molecule has 1 saturated heterocycles. The van der Waals surface area contributed by atoms with E-state index in [0.717, 1.165) is 5.01 Å². The Kier molecular flexibility index (Phi) is 5.04. The van der Waals surface area contributed by atoms with Gasteiger partial charge in [-0.1, -0.05) is 12.1 Å². The fraction of sp³-hybridized carbons (Fsp3) is 0.474. The molecule has 0 aliphatic carbocycles. The Morgan fingerprint density at radius 3 is 2.76 bits per heavy atom. The number of amides is 2. The van der Waals surface area contributed by atoms with Crippen LogP contribution in [0.15, 0.2) is 34.5 Å². The lowest BCUT2D eigenvalue weighted by molar-refractivity contribution is 0.0592. The molecule has 1 fully saturated rings. The van der Waals surface area contributed by atoms with E-state index >= 15 is 0 Å². The molecule has 0 bridgehead atoms.